The quantitative estimate of drug-likeness (QED) is 0.437. The number of benzene rings is 2. The molecule has 1 atom stereocenters. The van der Waals surface area contributed by atoms with E-state index in [2.05, 4.69) is 10.1 Å². The molecule has 0 spiro atoms. The van der Waals surface area contributed by atoms with Crippen LogP contribution in [0.2, 0.25) is 0 Å². The lowest BCUT2D eigenvalue weighted by atomic mass is 10.0. The van der Waals surface area contributed by atoms with Gasteiger partial charge in [-0.1, -0.05) is 30.3 Å². The van der Waals surface area contributed by atoms with Crippen LogP contribution < -0.4 is 4.90 Å². The first-order valence-corrected chi connectivity index (χ1v) is 13.1. The topological polar surface area (TPSA) is 104 Å². The molecule has 0 amide bonds. The van der Waals surface area contributed by atoms with Crippen LogP contribution in [-0.2, 0) is 23.5 Å². The number of hydrogen-bond donors (Lipinski definition) is 1. The first-order valence-electron chi connectivity index (χ1n) is 11.3. The Morgan fingerprint density at radius 3 is 2.58 bits per heavy atom. The summed E-state index contributed by atoms with van der Waals surface area (Å²) in [6.07, 6.45) is 3.36. The van der Waals surface area contributed by atoms with Gasteiger partial charge in [-0.3, -0.25) is 0 Å². The van der Waals surface area contributed by atoms with E-state index in [1.54, 1.807) is 13.2 Å². The highest BCUT2D eigenvalue weighted by Gasteiger charge is 2.33. The Kier molecular flexibility index (Phi) is 6.08. The van der Waals surface area contributed by atoms with Crippen LogP contribution in [0.3, 0.4) is 0 Å². The highest BCUT2D eigenvalue weighted by molar-refractivity contribution is 7.88. The molecule has 36 heavy (non-hydrogen) atoms. The second-order valence-corrected chi connectivity index (χ2v) is 10.8. The summed E-state index contributed by atoms with van der Waals surface area (Å²) in [6, 6.07) is 11.6. The predicted octanol–water partition coefficient (Wildman–Crippen LogP) is 2.71. The summed E-state index contributed by atoms with van der Waals surface area (Å²) in [5.41, 5.74) is 2.01. The highest BCUT2D eigenvalue weighted by atomic mass is 32.2. The van der Waals surface area contributed by atoms with Crippen LogP contribution in [-0.4, -0.2) is 69.5 Å². The number of aryl methyl sites for hydroxylation is 1. The average molecular weight is 515 g/mol. The molecule has 0 bridgehead atoms. The summed E-state index contributed by atoms with van der Waals surface area (Å²) >= 11 is 0. The fourth-order valence-electron chi connectivity index (χ4n) is 4.54. The zero-order valence-electron chi connectivity index (χ0n) is 19.6. The van der Waals surface area contributed by atoms with Gasteiger partial charge >= 0.3 is 0 Å². The molecular formula is C24H24F2N6O3S. The number of nitrogens with zero attached hydrogens (tertiary/aromatic N) is 6. The van der Waals surface area contributed by atoms with Crippen LogP contribution >= 0.6 is 0 Å². The van der Waals surface area contributed by atoms with E-state index in [-0.39, 0.29) is 11.6 Å². The molecule has 2 aromatic carbocycles. The van der Waals surface area contributed by atoms with Crippen molar-refractivity contribution in [3.05, 3.63) is 65.9 Å². The number of halogens is 2. The van der Waals surface area contributed by atoms with Crippen molar-refractivity contribution < 1.29 is 22.3 Å². The second kappa shape index (κ2) is 9.10. The highest BCUT2D eigenvalue weighted by Crippen LogP contribution is 2.32. The van der Waals surface area contributed by atoms with Gasteiger partial charge in [-0.05, 0) is 24.1 Å². The van der Waals surface area contributed by atoms with Gasteiger partial charge in [-0.25, -0.2) is 22.5 Å². The van der Waals surface area contributed by atoms with E-state index in [4.69, 9.17) is 4.98 Å². The van der Waals surface area contributed by atoms with Crippen LogP contribution in [0, 0.1) is 11.6 Å². The van der Waals surface area contributed by atoms with Gasteiger partial charge in [0.2, 0.25) is 16.0 Å². The number of anilines is 1. The van der Waals surface area contributed by atoms with Gasteiger partial charge in [-0.15, -0.1) is 0 Å². The molecule has 0 saturated carbocycles. The number of piperazine rings is 1. The number of phenols is 1. The van der Waals surface area contributed by atoms with E-state index >= 15 is 0 Å². The molecule has 1 saturated heterocycles. The third kappa shape index (κ3) is 4.49. The summed E-state index contributed by atoms with van der Waals surface area (Å²) < 4.78 is 55.0. The van der Waals surface area contributed by atoms with Gasteiger partial charge in [0.1, 0.15) is 5.69 Å². The number of fused-ring (bicyclic) bond motifs is 1. The summed E-state index contributed by atoms with van der Waals surface area (Å²) in [6.45, 7) is 0.994. The minimum Gasteiger partial charge on any atom is -0.505 e. The Bertz CT molecular complexity index is 1520. The van der Waals surface area contributed by atoms with Gasteiger partial charge in [0.05, 0.1) is 11.6 Å². The summed E-state index contributed by atoms with van der Waals surface area (Å²) in [5.74, 6) is -2.91. The van der Waals surface area contributed by atoms with Gasteiger partial charge in [0.15, 0.2) is 23.0 Å². The third-order valence-corrected chi connectivity index (χ3v) is 7.61. The third-order valence-electron chi connectivity index (χ3n) is 6.34. The van der Waals surface area contributed by atoms with Crippen LogP contribution in [0.4, 0.5) is 14.7 Å². The molecular weight excluding hydrogens is 490 g/mol. The molecule has 1 N–H and O–H groups in total. The predicted molar refractivity (Wildman–Crippen MR) is 131 cm³/mol. The molecule has 188 valence electrons. The zero-order valence-corrected chi connectivity index (χ0v) is 20.5. The minimum atomic E-state index is -3.36. The number of phenolic OH excluding ortho intramolecular Hbond substituents is 1. The van der Waals surface area contributed by atoms with E-state index in [0.717, 1.165) is 17.7 Å². The molecule has 5 rings (SSSR count). The maximum Gasteiger partial charge on any atom is 0.227 e. The lowest BCUT2D eigenvalue weighted by Crippen LogP contribution is -2.56. The molecule has 0 aliphatic carbocycles. The van der Waals surface area contributed by atoms with Crippen molar-refractivity contribution in [1.29, 1.82) is 0 Å². The number of aromatic nitrogens is 4. The van der Waals surface area contributed by atoms with Crippen molar-refractivity contribution >= 4 is 27.0 Å². The molecule has 3 heterocycles. The first-order chi connectivity index (χ1) is 17.1. The second-order valence-electron chi connectivity index (χ2n) is 8.83. The van der Waals surface area contributed by atoms with E-state index in [1.807, 2.05) is 35.2 Å². The maximum atomic E-state index is 13.9. The monoisotopic (exact) mass is 514 g/mol. The number of hydrogen-bond acceptors (Lipinski definition) is 7. The molecule has 1 fully saturated rings. The van der Waals surface area contributed by atoms with Gasteiger partial charge in [0, 0.05) is 44.5 Å². The fourth-order valence-corrected chi connectivity index (χ4v) is 5.40. The standard InChI is InChI=1S/C24H24F2N6O3S/c1-30-23-18(22(29-30)16-11-19(25)21(26)20(33)12-16)13-27-24(28-23)32-9-8-31(36(2,34)35)14-17(32)10-15-6-4-3-5-7-15/h3-7,11-13,17,33H,8-10,14H2,1-2H3/t17-/m1/s1. The first kappa shape index (κ1) is 24.1. The zero-order chi connectivity index (χ0) is 25.6. The van der Waals surface area contributed by atoms with E-state index in [1.165, 1.54) is 15.2 Å². The smallest absolute Gasteiger partial charge is 0.227 e. The van der Waals surface area contributed by atoms with Crippen molar-refractivity contribution in [3.8, 4) is 17.0 Å². The molecule has 0 radical (unpaired) electrons. The Balaban J connectivity index is 1.53. The number of aromatic hydroxyl groups is 1. The largest absolute Gasteiger partial charge is 0.505 e. The molecule has 2 aromatic heterocycles. The summed E-state index contributed by atoms with van der Waals surface area (Å²) in [4.78, 5) is 11.2. The van der Waals surface area contributed by atoms with Gasteiger partial charge in [0.25, 0.3) is 0 Å². The molecule has 1 aliphatic rings. The minimum absolute atomic E-state index is 0.192. The lowest BCUT2D eigenvalue weighted by Gasteiger charge is -2.40. The Labute approximate surface area is 206 Å². The van der Waals surface area contributed by atoms with Gasteiger partial charge in [-0.2, -0.15) is 18.8 Å². The number of rotatable bonds is 5. The number of sulfonamides is 1. The normalized spacial score (nSPS) is 17.1. The van der Waals surface area contributed by atoms with Crippen molar-refractivity contribution in [3.63, 3.8) is 0 Å². The maximum absolute atomic E-state index is 13.9. The molecule has 9 nitrogen and oxygen atoms in total. The molecule has 1 aliphatic heterocycles. The van der Waals surface area contributed by atoms with Crippen molar-refractivity contribution in [2.75, 3.05) is 30.8 Å². The average Bonchev–Trinajstić information content (AvgIpc) is 3.18. The molecule has 4 aromatic rings. The summed E-state index contributed by atoms with van der Waals surface area (Å²) in [7, 11) is -1.69. The Hall–Kier alpha value is -3.64. The van der Waals surface area contributed by atoms with Crippen LogP contribution in [0.5, 0.6) is 5.75 Å². The fraction of sp³-hybridized carbons (Fsp3) is 0.292. The van der Waals surface area contributed by atoms with Crippen molar-refractivity contribution in [2.45, 2.75) is 12.5 Å². The molecule has 0 unspecified atom stereocenters. The van der Waals surface area contributed by atoms with E-state index < -0.39 is 27.4 Å². The SMILES string of the molecule is Cn1nc(-c2cc(O)c(F)c(F)c2)c2cnc(N3CCN(S(C)(=O)=O)C[C@H]3Cc3ccccc3)nc21. The Morgan fingerprint density at radius 1 is 1.14 bits per heavy atom. The Morgan fingerprint density at radius 2 is 1.89 bits per heavy atom. The van der Waals surface area contributed by atoms with Gasteiger partial charge < -0.3 is 10.0 Å². The van der Waals surface area contributed by atoms with E-state index in [0.29, 0.717) is 48.7 Å². The van der Waals surface area contributed by atoms with Crippen LogP contribution in [0.25, 0.3) is 22.3 Å². The van der Waals surface area contributed by atoms with Crippen LogP contribution in [0.15, 0.2) is 48.7 Å². The molecule has 12 heteroatoms. The van der Waals surface area contributed by atoms with E-state index in [9.17, 15) is 22.3 Å². The lowest BCUT2D eigenvalue weighted by molar-refractivity contribution is 0.330. The van der Waals surface area contributed by atoms with Crippen molar-refractivity contribution in [2.24, 2.45) is 7.05 Å². The van der Waals surface area contributed by atoms with Crippen LogP contribution in [0.1, 0.15) is 5.56 Å². The van der Waals surface area contributed by atoms with Crippen molar-refractivity contribution in [1.82, 2.24) is 24.1 Å². The summed E-state index contributed by atoms with van der Waals surface area (Å²) in [5, 5.41) is 14.6.